The van der Waals surface area contributed by atoms with Gasteiger partial charge in [-0.2, -0.15) is 0 Å². The molecule has 1 aromatic rings. The smallest absolute Gasteiger partial charge is 0.0875 e. The Bertz CT molecular complexity index is 346. The molecule has 16 heavy (non-hydrogen) atoms. The molecule has 1 saturated heterocycles. The molecule has 0 aromatic carbocycles. The predicted molar refractivity (Wildman–Crippen MR) is 69.1 cm³/mol. The van der Waals surface area contributed by atoms with Crippen LogP contribution in [0.15, 0.2) is 6.07 Å². The summed E-state index contributed by atoms with van der Waals surface area (Å²) in [5.41, 5.74) is 1.42. The number of aryl methyl sites for hydroxylation is 2. The summed E-state index contributed by atoms with van der Waals surface area (Å²) < 4.78 is 5.99. The lowest BCUT2D eigenvalue weighted by molar-refractivity contribution is -0.0273. The molecule has 2 nitrogen and oxygen atoms in total. The molecule has 1 fully saturated rings. The maximum absolute atomic E-state index is 5.99. The Morgan fingerprint density at radius 1 is 1.50 bits per heavy atom. The predicted octanol–water partition coefficient (Wildman–Crippen LogP) is 3.05. The van der Waals surface area contributed by atoms with Crippen molar-refractivity contribution in [1.82, 2.24) is 5.32 Å². The third-order valence-electron chi connectivity index (χ3n) is 3.30. The first-order valence-electron chi connectivity index (χ1n) is 6.05. The van der Waals surface area contributed by atoms with Gasteiger partial charge in [0.15, 0.2) is 0 Å². The molecule has 2 atom stereocenters. The van der Waals surface area contributed by atoms with Crippen LogP contribution in [0.5, 0.6) is 0 Å². The van der Waals surface area contributed by atoms with Crippen LogP contribution in [-0.4, -0.2) is 20.2 Å². The zero-order valence-electron chi connectivity index (χ0n) is 10.4. The molecule has 1 aliphatic rings. The van der Waals surface area contributed by atoms with Gasteiger partial charge in [-0.25, -0.2) is 0 Å². The minimum Gasteiger partial charge on any atom is -0.373 e. The summed E-state index contributed by atoms with van der Waals surface area (Å²) in [6.45, 7) is 6.36. The summed E-state index contributed by atoms with van der Waals surface area (Å²) in [5.74, 6) is 0.631. The highest BCUT2D eigenvalue weighted by Crippen LogP contribution is 2.37. The third kappa shape index (κ3) is 2.47. The van der Waals surface area contributed by atoms with Gasteiger partial charge in [-0.3, -0.25) is 0 Å². The molecule has 1 aromatic heterocycles. The molecular formula is C13H21NOS. The molecule has 2 heterocycles. The van der Waals surface area contributed by atoms with Crippen LogP contribution in [0.4, 0.5) is 0 Å². The molecule has 3 heteroatoms. The van der Waals surface area contributed by atoms with Gasteiger partial charge in [0, 0.05) is 28.8 Å². The van der Waals surface area contributed by atoms with E-state index < -0.39 is 0 Å². The van der Waals surface area contributed by atoms with Crippen molar-refractivity contribution in [1.29, 1.82) is 0 Å². The SMILES string of the molecule is CNCC1CCCOC1c1cc(C)sc1C. The van der Waals surface area contributed by atoms with Crippen LogP contribution in [0.25, 0.3) is 0 Å². The number of thiophene rings is 1. The number of nitrogens with one attached hydrogen (secondary N) is 1. The monoisotopic (exact) mass is 239 g/mol. The first-order chi connectivity index (χ1) is 7.72. The van der Waals surface area contributed by atoms with E-state index in [0.717, 1.165) is 13.2 Å². The van der Waals surface area contributed by atoms with Crippen LogP contribution in [-0.2, 0) is 4.74 Å². The quantitative estimate of drug-likeness (QED) is 0.875. The van der Waals surface area contributed by atoms with E-state index in [1.165, 1.54) is 28.2 Å². The maximum Gasteiger partial charge on any atom is 0.0875 e. The Morgan fingerprint density at radius 3 is 2.94 bits per heavy atom. The molecule has 2 rings (SSSR count). The molecule has 1 N–H and O–H groups in total. The molecule has 0 aliphatic carbocycles. The summed E-state index contributed by atoms with van der Waals surface area (Å²) >= 11 is 1.88. The highest BCUT2D eigenvalue weighted by molar-refractivity contribution is 7.12. The lowest BCUT2D eigenvalue weighted by Gasteiger charge is -2.32. The number of hydrogen-bond donors (Lipinski definition) is 1. The average Bonchev–Trinajstić information content (AvgIpc) is 2.59. The van der Waals surface area contributed by atoms with Crippen LogP contribution in [0.1, 0.15) is 34.3 Å². The summed E-state index contributed by atoms with van der Waals surface area (Å²) in [6.07, 6.45) is 2.79. The number of rotatable bonds is 3. The van der Waals surface area contributed by atoms with Gasteiger partial charge < -0.3 is 10.1 Å². The Kier molecular flexibility index (Phi) is 4.00. The molecule has 2 unspecified atom stereocenters. The topological polar surface area (TPSA) is 21.3 Å². The fourth-order valence-corrected chi connectivity index (χ4v) is 3.55. The van der Waals surface area contributed by atoms with Crippen molar-refractivity contribution in [2.24, 2.45) is 5.92 Å². The standard InChI is InChI=1S/C13H21NOS/c1-9-7-12(10(2)16-9)13-11(8-14-3)5-4-6-15-13/h7,11,13-14H,4-6,8H2,1-3H3. The van der Waals surface area contributed by atoms with E-state index in [2.05, 4.69) is 25.2 Å². The van der Waals surface area contributed by atoms with E-state index >= 15 is 0 Å². The molecule has 0 spiro atoms. The second-order valence-corrected chi connectivity index (χ2v) is 6.08. The van der Waals surface area contributed by atoms with E-state index in [9.17, 15) is 0 Å². The first kappa shape index (κ1) is 12.1. The minimum atomic E-state index is 0.311. The lowest BCUT2D eigenvalue weighted by Crippen LogP contribution is -2.30. The summed E-state index contributed by atoms with van der Waals surface area (Å²) in [5, 5.41) is 3.29. The van der Waals surface area contributed by atoms with E-state index in [1.807, 2.05) is 18.4 Å². The Hall–Kier alpha value is -0.380. The van der Waals surface area contributed by atoms with Gasteiger partial charge in [-0.05, 0) is 45.4 Å². The largest absolute Gasteiger partial charge is 0.373 e. The first-order valence-corrected chi connectivity index (χ1v) is 6.87. The van der Waals surface area contributed by atoms with Crippen molar-refractivity contribution < 1.29 is 4.74 Å². The third-order valence-corrected chi connectivity index (χ3v) is 4.28. The second-order valence-electron chi connectivity index (χ2n) is 4.62. The Balaban J connectivity index is 2.19. The molecule has 0 bridgehead atoms. The van der Waals surface area contributed by atoms with Crippen LogP contribution in [0.2, 0.25) is 0 Å². The van der Waals surface area contributed by atoms with Crippen molar-refractivity contribution in [3.8, 4) is 0 Å². The van der Waals surface area contributed by atoms with Crippen LogP contribution in [0.3, 0.4) is 0 Å². The average molecular weight is 239 g/mol. The zero-order valence-corrected chi connectivity index (χ0v) is 11.2. The van der Waals surface area contributed by atoms with Crippen molar-refractivity contribution in [2.75, 3.05) is 20.2 Å². The van der Waals surface area contributed by atoms with Crippen LogP contribution >= 0.6 is 11.3 Å². The summed E-state index contributed by atoms with van der Waals surface area (Å²) in [6, 6.07) is 2.30. The van der Waals surface area contributed by atoms with Gasteiger partial charge in [0.2, 0.25) is 0 Å². The van der Waals surface area contributed by atoms with Crippen molar-refractivity contribution >= 4 is 11.3 Å². The van der Waals surface area contributed by atoms with Gasteiger partial charge >= 0.3 is 0 Å². The molecule has 0 radical (unpaired) electrons. The van der Waals surface area contributed by atoms with E-state index in [0.29, 0.717) is 12.0 Å². The molecule has 1 aliphatic heterocycles. The molecule has 90 valence electrons. The van der Waals surface area contributed by atoms with Gasteiger partial charge in [0.05, 0.1) is 6.10 Å². The Labute approximate surface area is 102 Å². The van der Waals surface area contributed by atoms with E-state index in [1.54, 1.807) is 0 Å². The van der Waals surface area contributed by atoms with Gasteiger partial charge in [-0.15, -0.1) is 11.3 Å². The van der Waals surface area contributed by atoms with E-state index in [4.69, 9.17) is 4.74 Å². The number of ether oxygens (including phenoxy) is 1. The van der Waals surface area contributed by atoms with Gasteiger partial charge in [0.1, 0.15) is 0 Å². The fourth-order valence-electron chi connectivity index (χ4n) is 2.59. The summed E-state index contributed by atoms with van der Waals surface area (Å²) in [4.78, 5) is 2.82. The molecule has 0 saturated carbocycles. The number of hydrogen-bond acceptors (Lipinski definition) is 3. The highest BCUT2D eigenvalue weighted by Gasteiger charge is 2.28. The van der Waals surface area contributed by atoms with Gasteiger partial charge in [0.25, 0.3) is 0 Å². The van der Waals surface area contributed by atoms with Crippen molar-refractivity contribution in [3.63, 3.8) is 0 Å². The van der Waals surface area contributed by atoms with Crippen LogP contribution < -0.4 is 5.32 Å². The molecular weight excluding hydrogens is 218 g/mol. The van der Waals surface area contributed by atoms with Crippen molar-refractivity contribution in [3.05, 3.63) is 21.4 Å². The van der Waals surface area contributed by atoms with Crippen molar-refractivity contribution in [2.45, 2.75) is 32.8 Å². The Morgan fingerprint density at radius 2 is 2.31 bits per heavy atom. The summed E-state index contributed by atoms with van der Waals surface area (Å²) in [7, 11) is 2.03. The highest BCUT2D eigenvalue weighted by atomic mass is 32.1. The fraction of sp³-hybridized carbons (Fsp3) is 0.692. The minimum absolute atomic E-state index is 0.311. The second kappa shape index (κ2) is 5.30. The zero-order chi connectivity index (χ0) is 11.5. The van der Waals surface area contributed by atoms with Gasteiger partial charge in [-0.1, -0.05) is 0 Å². The maximum atomic E-state index is 5.99. The molecule has 0 amide bonds. The van der Waals surface area contributed by atoms with E-state index in [-0.39, 0.29) is 0 Å². The normalized spacial score (nSPS) is 25.9. The van der Waals surface area contributed by atoms with Crippen LogP contribution in [0, 0.1) is 19.8 Å². The lowest BCUT2D eigenvalue weighted by atomic mass is 9.89.